The van der Waals surface area contributed by atoms with E-state index in [4.69, 9.17) is 18.9 Å². The molecular weight excluding hydrogens is 799 g/mol. The lowest BCUT2D eigenvalue weighted by Gasteiger charge is -2.67. The van der Waals surface area contributed by atoms with E-state index in [-0.39, 0.29) is 42.6 Å². The number of allylic oxidation sites excluding steroid dienone is 2. The second kappa shape index (κ2) is 18.0. The van der Waals surface area contributed by atoms with Gasteiger partial charge in [-0.2, -0.15) is 0 Å². The molecule has 0 aromatic heterocycles. The summed E-state index contributed by atoms with van der Waals surface area (Å²) >= 11 is 0. The van der Waals surface area contributed by atoms with Gasteiger partial charge in [-0.1, -0.05) is 74.5 Å². The number of ketones is 1. The molecule has 2 saturated carbocycles. The van der Waals surface area contributed by atoms with Crippen molar-refractivity contribution in [2.45, 2.75) is 133 Å². The maximum Gasteiger partial charge on any atom is 0.338 e. The number of carbonyl (C=O) groups is 5. The van der Waals surface area contributed by atoms with Gasteiger partial charge in [-0.3, -0.25) is 14.4 Å². The zero-order chi connectivity index (χ0) is 45.4. The molecule has 334 valence electrons. The molecule has 2 bridgehead atoms. The molecule has 14 nitrogen and oxygen atoms in total. The summed E-state index contributed by atoms with van der Waals surface area (Å²) in [4.78, 5) is 70.0. The standard InChI is InChI=1S/C48H59NO13/c1-8-10-11-15-23-35(52)49-37(30-20-13-12-14-21-30)39(54)44(57)60-32-25-48(58)42(61-43(56)31-22-17-16-19-29(31)18-9-2)40-46(7,41(55)38(53)36(27(32)3)45(48,5)6)33(51)24-34-47(40,26-59-34)62-28(4)50/h8-9,12-14,16-17,19-22,32-34,37-40,42,51,53-54,58H,1-2,10-11,15,18,23-26H2,3-7H3,(H,49,52)/t32-,33-,34+,37-,38+,39+,40?,42?,46+,47-,48+/m0/s1. The Bertz CT molecular complexity index is 2110. The molecule has 14 heteroatoms. The Balaban J connectivity index is 1.48. The molecule has 1 heterocycles. The zero-order valence-corrected chi connectivity index (χ0v) is 36.0. The lowest BCUT2D eigenvalue weighted by Crippen LogP contribution is -2.81. The van der Waals surface area contributed by atoms with Crippen molar-refractivity contribution < 1.29 is 63.3 Å². The highest BCUT2D eigenvalue weighted by Crippen LogP contribution is 2.64. The van der Waals surface area contributed by atoms with Crippen molar-refractivity contribution in [2.24, 2.45) is 16.7 Å². The molecule has 3 aliphatic carbocycles. The van der Waals surface area contributed by atoms with Gasteiger partial charge in [-0.15, -0.1) is 13.2 Å². The fraction of sp³-hybridized carbons (Fsp3) is 0.521. The summed E-state index contributed by atoms with van der Waals surface area (Å²) in [6.07, 6.45) is -4.78. The quantitative estimate of drug-likeness (QED) is 0.0731. The third kappa shape index (κ3) is 7.96. The maximum atomic E-state index is 15.1. The number of aliphatic hydroxyl groups is 4. The molecule has 1 amide bonds. The lowest BCUT2D eigenvalue weighted by molar-refractivity contribution is -0.346. The summed E-state index contributed by atoms with van der Waals surface area (Å²) < 4.78 is 24.5. The first kappa shape index (κ1) is 46.5. The van der Waals surface area contributed by atoms with E-state index in [0.717, 1.165) is 6.92 Å². The van der Waals surface area contributed by atoms with Crippen molar-refractivity contribution in [1.29, 1.82) is 0 Å². The van der Waals surface area contributed by atoms with Gasteiger partial charge in [-0.05, 0) is 67.9 Å². The minimum absolute atomic E-state index is 0.0514. The second-order valence-electron chi connectivity index (χ2n) is 17.8. The summed E-state index contributed by atoms with van der Waals surface area (Å²) in [5.41, 5.74) is -6.58. The first-order valence-electron chi connectivity index (χ1n) is 21.2. The molecule has 1 aliphatic heterocycles. The number of aliphatic hydroxyl groups excluding tert-OH is 3. The van der Waals surface area contributed by atoms with Crippen LogP contribution in [0.5, 0.6) is 0 Å². The molecule has 0 radical (unpaired) electrons. The van der Waals surface area contributed by atoms with E-state index >= 15 is 4.79 Å². The highest BCUT2D eigenvalue weighted by Gasteiger charge is 2.78. The first-order valence-corrected chi connectivity index (χ1v) is 21.2. The summed E-state index contributed by atoms with van der Waals surface area (Å²) in [7, 11) is 0. The summed E-state index contributed by atoms with van der Waals surface area (Å²) in [6.45, 7) is 14.4. The number of amides is 1. The molecule has 1 saturated heterocycles. The van der Waals surface area contributed by atoms with Crippen molar-refractivity contribution in [3.05, 3.63) is 108 Å². The monoisotopic (exact) mass is 857 g/mol. The van der Waals surface area contributed by atoms with Crippen LogP contribution in [0.3, 0.4) is 0 Å². The van der Waals surface area contributed by atoms with E-state index in [0.29, 0.717) is 30.4 Å². The number of benzene rings is 2. The Morgan fingerprint density at radius 2 is 1.66 bits per heavy atom. The van der Waals surface area contributed by atoms with Gasteiger partial charge in [0.15, 0.2) is 17.5 Å². The Hall–Kier alpha value is -4.99. The number of rotatable bonds is 15. The molecule has 2 unspecified atom stereocenters. The molecule has 3 fully saturated rings. The zero-order valence-electron chi connectivity index (χ0n) is 36.0. The number of Topliss-reactive ketones (excluding diaryl/α,β-unsaturated/α-hetero) is 1. The third-order valence-electron chi connectivity index (χ3n) is 13.9. The minimum Gasteiger partial charge on any atom is -0.456 e. The second-order valence-corrected chi connectivity index (χ2v) is 17.8. The Kier molecular flexibility index (Phi) is 13.5. The third-order valence-corrected chi connectivity index (χ3v) is 13.9. The number of ether oxygens (including phenoxy) is 4. The fourth-order valence-electron chi connectivity index (χ4n) is 10.4. The van der Waals surface area contributed by atoms with Gasteiger partial charge in [0.25, 0.3) is 0 Å². The average Bonchev–Trinajstić information content (AvgIpc) is 3.23. The van der Waals surface area contributed by atoms with Crippen LogP contribution in [0, 0.1) is 16.7 Å². The van der Waals surface area contributed by atoms with Crippen LogP contribution >= 0.6 is 0 Å². The molecular formula is C48H59NO13. The van der Waals surface area contributed by atoms with Crippen molar-refractivity contribution in [3.63, 3.8) is 0 Å². The predicted octanol–water partition coefficient (Wildman–Crippen LogP) is 4.33. The highest BCUT2D eigenvalue weighted by atomic mass is 16.6. The smallest absolute Gasteiger partial charge is 0.338 e. The largest absolute Gasteiger partial charge is 0.456 e. The molecule has 2 aromatic carbocycles. The van der Waals surface area contributed by atoms with Crippen LogP contribution in [0.4, 0.5) is 0 Å². The van der Waals surface area contributed by atoms with E-state index in [9.17, 15) is 39.6 Å². The van der Waals surface area contributed by atoms with Gasteiger partial charge in [0.2, 0.25) is 5.91 Å². The molecule has 2 aromatic rings. The van der Waals surface area contributed by atoms with E-state index in [1.54, 1.807) is 74.5 Å². The van der Waals surface area contributed by atoms with Crippen molar-refractivity contribution in [1.82, 2.24) is 5.32 Å². The molecule has 6 rings (SSSR count). The SMILES string of the molecule is C=CCCCCC(=O)N[C@@H](c1ccccc1)[C@@H](O)C(=O)O[C@H]1C[C@@]2(O)C(OC(=O)c3ccccc3CC=C)C3[C@](C)(C(=O)[C@H](O)C(=C1C)C2(C)C)[C@@H](O)C[C@H]1OC[C@@]31OC(C)=O. The molecule has 4 aliphatic rings. The number of fused-ring (bicyclic) bond motifs is 5. The Morgan fingerprint density at radius 1 is 0.984 bits per heavy atom. The number of nitrogens with one attached hydrogen (secondary N) is 1. The van der Waals surface area contributed by atoms with E-state index in [1.807, 2.05) is 0 Å². The van der Waals surface area contributed by atoms with E-state index in [1.165, 1.54) is 19.9 Å². The van der Waals surface area contributed by atoms with Crippen LogP contribution in [0.25, 0.3) is 0 Å². The minimum atomic E-state index is -2.36. The van der Waals surface area contributed by atoms with Crippen molar-refractivity contribution in [2.75, 3.05) is 6.61 Å². The van der Waals surface area contributed by atoms with Gasteiger partial charge in [0.05, 0.1) is 35.6 Å². The number of esters is 3. The van der Waals surface area contributed by atoms with Crippen molar-refractivity contribution >= 4 is 29.6 Å². The van der Waals surface area contributed by atoms with Crippen LogP contribution in [-0.2, 0) is 44.5 Å². The highest BCUT2D eigenvalue weighted by molar-refractivity contribution is 5.94. The van der Waals surface area contributed by atoms with E-state index < -0.39 is 107 Å². The van der Waals surface area contributed by atoms with Crippen LogP contribution in [0.1, 0.15) is 101 Å². The van der Waals surface area contributed by atoms with Gasteiger partial charge < -0.3 is 44.7 Å². The number of unbranched alkanes of at least 4 members (excludes halogenated alkanes) is 2. The Morgan fingerprint density at radius 3 is 2.29 bits per heavy atom. The Labute approximate surface area is 362 Å². The molecule has 62 heavy (non-hydrogen) atoms. The van der Waals surface area contributed by atoms with Gasteiger partial charge in [-0.25, -0.2) is 9.59 Å². The topological polar surface area (TPSA) is 215 Å². The van der Waals surface area contributed by atoms with Gasteiger partial charge in [0, 0.05) is 31.6 Å². The average molecular weight is 858 g/mol. The predicted molar refractivity (Wildman–Crippen MR) is 225 cm³/mol. The maximum absolute atomic E-state index is 15.1. The summed E-state index contributed by atoms with van der Waals surface area (Å²) in [6, 6.07) is 13.7. The lowest BCUT2D eigenvalue weighted by atomic mass is 9.44. The van der Waals surface area contributed by atoms with Crippen molar-refractivity contribution in [3.8, 4) is 0 Å². The van der Waals surface area contributed by atoms with Gasteiger partial charge in [0.1, 0.15) is 30.0 Å². The van der Waals surface area contributed by atoms with Gasteiger partial charge >= 0.3 is 17.9 Å². The number of hydrogen-bond acceptors (Lipinski definition) is 13. The summed E-state index contributed by atoms with van der Waals surface area (Å²) in [5.74, 6) is -5.72. The first-order chi connectivity index (χ1) is 29.3. The normalized spacial score (nSPS) is 31.9. The molecule has 0 spiro atoms. The van der Waals surface area contributed by atoms with Crippen LogP contribution in [0.2, 0.25) is 0 Å². The van der Waals surface area contributed by atoms with Crippen LogP contribution in [-0.4, -0.2) is 104 Å². The molecule has 11 atom stereocenters. The number of hydrogen-bond donors (Lipinski definition) is 5. The summed E-state index contributed by atoms with van der Waals surface area (Å²) in [5, 5.41) is 52.3. The fourth-order valence-corrected chi connectivity index (χ4v) is 10.4. The van der Waals surface area contributed by atoms with Crippen LogP contribution in [0.15, 0.2) is 91.1 Å². The van der Waals surface area contributed by atoms with Crippen LogP contribution < -0.4 is 5.32 Å². The van der Waals surface area contributed by atoms with E-state index in [2.05, 4.69) is 18.5 Å². The molecule has 5 N–H and O–H groups in total. The number of carbonyl (C=O) groups excluding carboxylic acids is 5.